The normalized spacial score (nSPS) is 12.0. The van der Waals surface area contributed by atoms with Crippen LogP contribution >= 0.6 is 46.6 Å². The molecule has 0 saturated carbocycles. The molecule has 0 atom stereocenters. The average Bonchev–Trinajstić information content (AvgIpc) is 2.50. The van der Waals surface area contributed by atoms with Crippen molar-refractivity contribution in [1.29, 1.82) is 0 Å². The topological polar surface area (TPSA) is 50.7 Å². The van der Waals surface area contributed by atoms with Gasteiger partial charge in [-0.05, 0) is 35.4 Å². The molecule has 2 aromatic carbocycles. The maximum Gasteiger partial charge on any atom is 0.180 e. The van der Waals surface area contributed by atoms with Gasteiger partial charge in [-0.3, -0.25) is 0 Å². The molecule has 0 saturated heterocycles. The minimum atomic E-state index is 0.381. The summed E-state index contributed by atoms with van der Waals surface area (Å²) in [6.07, 6.45) is 1.57. The van der Waals surface area contributed by atoms with Gasteiger partial charge >= 0.3 is 0 Å². The first kappa shape index (κ1) is 17.2. The third-order valence-electron chi connectivity index (χ3n) is 2.61. The molecule has 0 aliphatic heterocycles. The zero-order valence-electron chi connectivity index (χ0n) is 11.3. The maximum atomic E-state index is 5.92. The summed E-state index contributed by atoms with van der Waals surface area (Å²) in [4.78, 5) is 0. The average molecular weight is 373 g/mol. The predicted molar refractivity (Wildman–Crippen MR) is 98.4 cm³/mol. The Kier molecular flexibility index (Phi) is 6.58. The molecule has 2 rings (SSSR count). The molecule has 0 fully saturated rings. The first-order valence-electron chi connectivity index (χ1n) is 6.23. The summed E-state index contributed by atoms with van der Waals surface area (Å²) < 4.78 is 0. The second kappa shape index (κ2) is 8.44. The van der Waals surface area contributed by atoms with Crippen LogP contribution in [0.2, 0.25) is 15.1 Å². The Morgan fingerprint density at radius 2 is 1.77 bits per heavy atom. The molecule has 0 aliphatic carbocycles. The molecule has 0 heterocycles. The van der Waals surface area contributed by atoms with E-state index in [4.69, 9.17) is 40.5 Å². The van der Waals surface area contributed by atoms with Gasteiger partial charge in [0.05, 0.1) is 16.3 Å². The van der Waals surface area contributed by atoms with E-state index >= 15 is 0 Å². The first-order valence-corrected chi connectivity index (χ1v) is 8.35. The van der Waals surface area contributed by atoms with Crippen LogP contribution in [0.3, 0.4) is 0 Å². The molecule has 2 N–H and O–H groups in total. The van der Waals surface area contributed by atoms with Crippen molar-refractivity contribution in [3.05, 3.63) is 68.7 Å². The fourth-order valence-electron chi connectivity index (χ4n) is 1.51. The van der Waals surface area contributed by atoms with Gasteiger partial charge in [0.2, 0.25) is 0 Å². The van der Waals surface area contributed by atoms with Crippen LogP contribution in [0.25, 0.3) is 0 Å². The van der Waals surface area contributed by atoms with Gasteiger partial charge in [0, 0.05) is 10.8 Å². The number of halogens is 3. The number of amidine groups is 1. The number of hydrogen-bond acceptors (Lipinski definition) is 3. The second-order valence-corrected chi connectivity index (χ2v) is 6.52. The summed E-state index contributed by atoms with van der Waals surface area (Å²) in [6, 6.07) is 12.8. The smallest absolute Gasteiger partial charge is 0.180 e. The highest BCUT2D eigenvalue weighted by Gasteiger charge is 1.98. The monoisotopic (exact) mass is 371 g/mol. The van der Waals surface area contributed by atoms with Crippen molar-refractivity contribution in [3.8, 4) is 0 Å². The van der Waals surface area contributed by atoms with Crippen LogP contribution in [0.15, 0.2) is 52.7 Å². The lowest BCUT2D eigenvalue weighted by molar-refractivity contribution is 1.25. The van der Waals surface area contributed by atoms with Crippen molar-refractivity contribution < 1.29 is 0 Å². The summed E-state index contributed by atoms with van der Waals surface area (Å²) in [7, 11) is 0. The summed E-state index contributed by atoms with van der Waals surface area (Å²) in [5.41, 5.74) is 7.71. The third-order valence-corrected chi connectivity index (χ3v) is 4.45. The standard InChI is InChI=1S/C15H12Cl3N3S/c16-12-4-1-10(2-5-12)9-22-15(19)21-20-8-11-3-6-13(17)14(18)7-11/h1-8H,9H2,(H2,19,21)/b20-8+. The van der Waals surface area contributed by atoms with E-state index in [1.807, 2.05) is 24.3 Å². The van der Waals surface area contributed by atoms with Crippen molar-refractivity contribution in [1.82, 2.24) is 0 Å². The number of nitrogens with zero attached hydrogens (tertiary/aromatic N) is 2. The molecular formula is C15H12Cl3N3S. The van der Waals surface area contributed by atoms with Gasteiger partial charge in [-0.15, -0.1) is 5.10 Å². The minimum absolute atomic E-state index is 0.381. The van der Waals surface area contributed by atoms with E-state index in [0.29, 0.717) is 26.0 Å². The van der Waals surface area contributed by atoms with Crippen molar-refractivity contribution in [2.75, 3.05) is 0 Å². The Bertz CT molecular complexity index is 700. The molecule has 2 aromatic rings. The van der Waals surface area contributed by atoms with Gasteiger partial charge in [0.25, 0.3) is 0 Å². The van der Waals surface area contributed by atoms with Gasteiger partial charge in [0.1, 0.15) is 0 Å². The zero-order chi connectivity index (χ0) is 15.9. The van der Waals surface area contributed by atoms with Gasteiger partial charge in [-0.25, -0.2) is 0 Å². The van der Waals surface area contributed by atoms with Crippen molar-refractivity contribution >= 4 is 57.9 Å². The van der Waals surface area contributed by atoms with Crippen LogP contribution < -0.4 is 5.73 Å². The zero-order valence-corrected chi connectivity index (χ0v) is 14.4. The summed E-state index contributed by atoms with van der Waals surface area (Å²) in [5.74, 6) is 0.703. The molecule has 0 amide bonds. The van der Waals surface area contributed by atoms with E-state index in [2.05, 4.69) is 10.2 Å². The Morgan fingerprint density at radius 3 is 2.45 bits per heavy atom. The van der Waals surface area contributed by atoms with Crippen LogP contribution in [0.4, 0.5) is 0 Å². The lowest BCUT2D eigenvalue weighted by atomic mass is 10.2. The molecule has 0 radical (unpaired) electrons. The molecule has 0 aromatic heterocycles. The third kappa shape index (κ3) is 5.54. The van der Waals surface area contributed by atoms with Crippen LogP contribution in [-0.2, 0) is 5.75 Å². The molecule has 3 nitrogen and oxygen atoms in total. The number of nitrogens with two attached hydrogens (primary N) is 1. The summed E-state index contributed by atoms with van der Waals surface area (Å²) in [6.45, 7) is 0. The highest BCUT2D eigenvalue weighted by molar-refractivity contribution is 8.13. The number of hydrogen-bond donors (Lipinski definition) is 1. The van der Waals surface area contributed by atoms with E-state index in [1.165, 1.54) is 11.8 Å². The van der Waals surface area contributed by atoms with Crippen molar-refractivity contribution in [2.24, 2.45) is 15.9 Å². The van der Waals surface area contributed by atoms with Gasteiger partial charge in [-0.1, -0.05) is 64.8 Å². The van der Waals surface area contributed by atoms with Crippen molar-refractivity contribution in [2.45, 2.75) is 5.75 Å². The Morgan fingerprint density at radius 1 is 1.05 bits per heavy atom. The molecule has 22 heavy (non-hydrogen) atoms. The van der Waals surface area contributed by atoms with E-state index in [-0.39, 0.29) is 0 Å². The van der Waals surface area contributed by atoms with Gasteiger partial charge in [0.15, 0.2) is 5.17 Å². The van der Waals surface area contributed by atoms with Crippen LogP contribution in [-0.4, -0.2) is 11.4 Å². The Balaban J connectivity index is 1.90. The van der Waals surface area contributed by atoms with Gasteiger partial charge < -0.3 is 5.73 Å². The number of rotatable bonds is 4. The Labute approximate surface area is 148 Å². The van der Waals surface area contributed by atoms with E-state index < -0.39 is 0 Å². The predicted octanol–water partition coefficient (Wildman–Crippen LogP) is 5.23. The lowest BCUT2D eigenvalue weighted by Crippen LogP contribution is -2.06. The molecule has 0 aliphatic rings. The molecular weight excluding hydrogens is 361 g/mol. The number of benzene rings is 2. The van der Waals surface area contributed by atoms with Gasteiger partial charge in [-0.2, -0.15) is 5.10 Å². The van der Waals surface area contributed by atoms with E-state index in [1.54, 1.807) is 24.4 Å². The van der Waals surface area contributed by atoms with Crippen LogP contribution in [0.1, 0.15) is 11.1 Å². The SMILES string of the molecule is N/C(=N\N=C\c1ccc(Cl)c(Cl)c1)SCc1ccc(Cl)cc1. The molecule has 0 spiro atoms. The Hall–Kier alpha value is -1.20. The molecule has 7 heteroatoms. The molecule has 0 unspecified atom stereocenters. The van der Waals surface area contributed by atoms with E-state index in [0.717, 1.165) is 11.1 Å². The second-order valence-electron chi connectivity index (χ2n) is 4.27. The highest BCUT2D eigenvalue weighted by atomic mass is 35.5. The van der Waals surface area contributed by atoms with Crippen molar-refractivity contribution in [3.63, 3.8) is 0 Å². The summed E-state index contributed by atoms with van der Waals surface area (Å²) >= 11 is 19.0. The maximum absolute atomic E-state index is 5.92. The molecule has 0 bridgehead atoms. The van der Waals surface area contributed by atoms with Crippen LogP contribution in [0, 0.1) is 0 Å². The fraction of sp³-hybridized carbons (Fsp3) is 0.0667. The van der Waals surface area contributed by atoms with Crippen LogP contribution in [0.5, 0.6) is 0 Å². The highest BCUT2D eigenvalue weighted by Crippen LogP contribution is 2.21. The molecule has 114 valence electrons. The summed E-state index contributed by atoms with van der Waals surface area (Å²) in [5, 5.41) is 9.92. The minimum Gasteiger partial charge on any atom is -0.377 e. The number of thioether (sulfide) groups is 1. The fourth-order valence-corrected chi connectivity index (χ4v) is 2.56. The largest absolute Gasteiger partial charge is 0.377 e. The first-order chi connectivity index (χ1) is 10.5. The quantitative estimate of drug-likeness (QED) is 0.454. The lowest BCUT2D eigenvalue weighted by Gasteiger charge is -2.00. The van der Waals surface area contributed by atoms with E-state index in [9.17, 15) is 0 Å².